The normalized spacial score (nSPS) is 12.2. The van der Waals surface area contributed by atoms with E-state index in [9.17, 15) is 9.90 Å². The summed E-state index contributed by atoms with van der Waals surface area (Å²) in [6.45, 7) is 2.88. The second-order valence-electron chi connectivity index (χ2n) is 3.50. The van der Waals surface area contributed by atoms with Crippen molar-refractivity contribution in [2.45, 2.75) is 20.3 Å². The van der Waals surface area contributed by atoms with E-state index in [1.165, 1.54) is 13.8 Å². The summed E-state index contributed by atoms with van der Waals surface area (Å²) < 4.78 is 0. The summed E-state index contributed by atoms with van der Waals surface area (Å²) in [5.74, 6) is -0.181. The van der Waals surface area contributed by atoms with E-state index < -0.39 is 0 Å². The Bertz CT molecular complexity index is 426. The Morgan fingerprint density at radius 2 is 1.75 bits per heavy atom. The molecule has 1 aromatic rings. The first-order valence-electron chi connectivity index (χ1n) is 4.76. The number of rotatable bonds is 3. The van der Waals surface area contributed by atoms with Crippen molar-refractivity contribution in [2.24, 2.45) is 0 Å². The Morgan fingerprint density at radius 1 is 1.25 bits per heavy atom. The maximum Gasteiger partial charge on any atom is 0.159 e. The first-order valence-corrected chi connectivity index (χ1v) is 5.51. The zero-order valence-electron chi connectivity index (χ0n) is 9.05. The molecule has 1 rings (SSSR count). The first kappa shape index (κ1) is 13.1. The van der Waals surface area contributed by atoms with E-state index in [0.717, 1.165) is 0 Å². The number of hydrogen-bond acceptors (Lipinski definition) is 2. The summed E-state index contributed by atoms with van der Waals surface area (Å²) in [5.41, 5.74) is 0.986. The van der Waals surface area contributed by atoms with Gasteiger partial charge in [0.25, 0.3) is 0 Å². The molecular weight excluding hydrogens is 247 g/mol. The van der Waals surface area contributed by atoms with Gasteiger partial charge in [-0.2, -0.15) is 0 Å². The number of hydrogen-bond donors (Lipinski definition) is 1. The summed E-state index contributed by atoms with van der Waals surface area (Å²) in [6, 6.07) is 5.14. The number of carbonyl (C=O) groups excluding carboxylic acids is 1. The minimum Gasteiger partial charge on any atom is -0.512 e. The monoisotopic (exact) mass is 258 g/mol. The molecule has 0 unspecified atom stereocenters. The van der Waals surface area contributed by atoms with Gasteiger partial charge in [0.2, 0.25) is 0 Å². The fraction of sp³-hybridized carbons (Fsp3) is 0.250. The predicted molar refractivity (Wildman–Crippen MR) is 66.2 cm³/mol. The zero-order chi connectivity index (χ0) is 12.3. The molecule has 4 heteroatoms. The lowest BCUT2D eigenvalue weighted by Crippen LogP contribution is -2.04. The molecule has 0 spiro atoms. The van der Waals surface area contributed by atoms with E-state index in [1.807, 2.05) is 0 Å². The molecule has 86 valence electrons. The molecule has 2 nitrogen and oxygen atoms in total. The number of halogens is 2. The van der Waals surface area contributed by atoms with Crippen LogP contribution in [0.2, 0.25) is 10.0 Å². The van der Waals surface area contributed by atoms with Gasteiger partial charge in [0.15, 0.2) is 5.78 Å². The van der Waals surface area contributed by atoms with E-state index in [2.05, 4.69) is 0 Å². The fourth-order valence-electron chi connectivity index (χ4n) is 1.39. The van der Waals surface area contributed by atoms with Gasteiger partial charge in [0.05, 0.1) is 5.76 Å². The van der Waals surface area contributed by atoms with E-state index in [1.54, 1.807) is 18.2 Å². The van der Waals surface area contributed by atoms with Crippen LogP contribution in [0.4, 0.5) is 0 Å². The second-order valence-corrected chi connectivity index (χ2v) is 4.31. The van der Waals surface area contributed by atoms with Crippen LogP contribution in [0.15, 0.2) is 29.5 Å². The van der Waals surface area contributed by atoms with Crippen LogP contribution >= 0.6 is 23.2 Å². The Hall–Kier alpha value is -0.990. The van der Waals surface area contributed by atoms with Crippen molar-refractivity contribution in [3.05, 3.63) is 45.1 Å². The summed E-state index contributed by atoms with van der Waals surface area (Å²) in [5, 5.41) is 10.4. The summed E-state index contributed by atoms with van der Waals surface area (Å²) in [7, 11) is 0. The van der Waals surface area contributed by atoms with Gasteiger partial charge < -0.3 is 5.11 Å². The zero-order valence-corrected chi connectivity index (χ0v) is 10.6. The van der Waals surface area contributed by atoms with Gasteiger partial charge in [-0.25, -0.2) is 0 Å². The van der Waals surface area contributed by atoms with Gasteiger partial charge in [-0.1, -0.05) is 29.3 Å². The Labute approximate surface area is 104 Å². The van der Waals surface area contributed by atoms with E-state index in [4.69, 9.17) is 23.2 Å². The van der Waals surface area contributed by atoms with E-state index in [-0.39, 0.29) is 18.0 Å². The lowest BCUT2D eigenvalue weighted by Gasteiger charge is -2.09. The van der Waals surface area contributed by atoms with Crippen LogP contribution in [0.5, 0.6) is 0 Å². The third kappa shape index (κ3) is 3.00. The highest BCUT2D eigenvalue weighted by molar-refractivity contribution is 6.36. The topological polar surface area (TPSA) is 37.3 Å². The SMILES string of the molecule is CC(=O)/C(Cc1c(Cl)cccc1Cl)=C(\C)O. The number of aliphatic hydroxyl groups excluding tert-OH is 1. The third-order valence-electron chi connectivity index (χ3n) is 2.28. The van der Waals surface area contributed by atoms with Crippen molar-refractivity contribution in [1.82, 2.24) is 0 Å². The number of aliphatic hydroxyl groups is 1. The minimum atomic E-state index is -0.184. The molecule has 0 radical (unpaired) electrons. The standard InChI is InChI=1S/C12H12Cl2O2/c1-7(15)9(8(2)16)6-10-11(13)4-3-5-12(10)14/h3-5,15H,6H2,1-2H3/b9-7+. The molecule has 0 saturated heterocycles. The van der Waals surface area contributed by atoms with E-state index >= 15 is 0 Å². The Balaban J connectivity index is 3.14. The molecule has 1 aromatic carbocycles. The number of ketones is 1. The van der Waals surface area contributed by atoms with Crippen LogP contribution in [0.3, 0.4) is 0 Å². The van der Waals surface area contributed by atoms with Gasteiger partial charge in [-0.3, -0.25) is 4.79 Å². The predicted octanol–water partition coefficient (Wildman–Crippen LogP) is 3.96. The molecular formula is C12H12Cl2O2. The summed E-state index contributed by atoms with van der Waals surface area (Å²) in [4.78, 5) is 11.3. The van der Waals surface area contributed by atoms with Gasteiger partial charge in [0, 0.05) is 22.0 Å². The van der Waals surface area contributed by atoms with Gasteiger partial charge in [0.1, 0.15) is 0 Å². The largest absolute Gasteiger partial charge is 0.512 e. The molecule has 0 fully saturated rings. The molecule has 0 aliphatic rings. The van der Waals surface area contributed by atoms with Crippen LogP contribution in [0.25, 0.3) is 0 Å². The highest BCUT2D eigenvalue weighted by Crippen LogP contribution is 2.27. The first-order chi connectivity index (χ1) is 7.43. The maximum absolute atomic E-state index is 11.3. The summed E-state index contributed by atoms with van der Waals surface area (Å²) >= 11 is 12.0. The van der Waals surface area contributed by atoms with Crippen LogP contribution < -0.4 is 0 Å². The lowest BCUT2D eigenvalue weighted by molar-refractivity contribution is -0.113. The molecule has 0 heterocycles. The molecule has 0 aromatic heterocycles. The van der Waals surface area contributed by atoms with Crippen LogP contribution in [0, 0.1) is 0 Å². The lowest BCUT2D eigenvalue weighted by atomic mass is 10.0. The van der Waals surface area contributed by atoms with Crippen LogP contribution in [-0.2, 0) is 11.2 Å². The molecule has 0 atom stereocenters. The number of benzene rings is 1. The third-order valence-corrected chi connectivity index (χ3v) is 2.99. The smallest absolute Gasteiger partial charge is 0.159 e. The minimum absolute atomic E-state index is 0.00323. The molecule has 0 saturated carbocycles. The van der Waals surface area contributed by atoms with Crippen molar-refractivity contribution in [2.75, 3.05) is 0 Å². The van der Waals surface area contributed by atoms with Crippen molar-refractivity contribution >= 4 is 29.0 Å². The number of allylic oxidation sites excluding steroid dienone is 2. The Morgan fingerprint density at radius 3 is 2.12 bits per heavy atom. The average Bonchev–Trinajstić information content (AvgIpc) is 2.15. The fourth-order valence-corrected chi connectivity index (χ4v) is 1.92. The Kier molecular flexibility index (Phi) is 4.39. The molecule has 0 amide bonds. The average molecular weight is 259 g/mol. The molecule has 16 heavy (non-hydrogen) atoms. The van der Waals surface area contributed by atoms with Gasteiger partial charge in [-0.15, -0.1) is 0 Å². The highest BCUT2D eigenvalue weighted by Gasteiger charge is 2.13. The summed E-state index contributed by atoms with van der Waals surface area (Å²) in [6.07, 6.45) is 0.246. The van der Waals surface area contributed by atoms with E-state index in [0.29, 0.717) is 21.2 Å². The van der Waals surface area contributed by atoms with Crippen LogP contribution in [-0.4, -0.2) is 10.9 Å². The van der Waals surface area contributed by atoms with Crippen molar-refractivity contribution in [3.8, 4) is 0 Å². The van der Waals surface area contributed by atoms with Gasteiger partial charge >= 0.3 is 0 Å². The van der Waals surface area contributed by atoms with Gasteiger partial charge in [-0.05, 0) is 31.5 Å². The molecule has 0 aliphatic heterocycles. The van der Waals surface area contributed by atoms with Crippen molar-refractivity contribution < 1.29 is 9.90 Å². The highest BCUT2D eigenvalue weighted by atomic mass is 35.5. The number of Topliss-reactive ketones (excluding diaryl/α,β-unsaturated/α-hetero) is 1. The molecule has 0 bridgehead atoms. The quantitative estimate of drug-likeness (QED) is 0.659. The number of carbonyl (C=O) groups is 1. The molecule has 1 N–H and O–H groups in total. The van der Waals surface area contributed by atoms with Crippen molar-refractivity contribution in [1.29, 1.82) is 0 Å². The molecule has 0 aliphatic carbocycles. The van der Waals surface area contributed by atoms with Crippen LogP contribution in [0.1, 0.15) is 19.4 Å². The second kappa shape index (κ2) is 5.37. The maximum atomic E-state index is 11.3. The van der Waals surface area contributed by atoms with Crippen molar-refractivity contribution in [3.63, 3.8) is 0 Å².